The number of rotatable bonds is 1. The molecule has 5 nitrogen and oxygen atoms in total. The molecular formula is C10H16N4O. The van der Waals surface area contributed by atoms with E-state index in [0.717, 1.165) is 36.5 Å². The standard InChI is InChI=1S/C10H16N4O/c1-7-9(8(2)13(3)12-7)10(15)14-6-4-5-11-14/h11H,4-6H2,1-3H3. The molecule has 0 radical (unpaired) electrons. The minimum atomic E-state index is 0.0376. The SMILES string of the molecule is Cc1nn(C)c(C)c1C(=O)N1CCCN1. The Morgan fingerprint density at radius 3 is 2.67 bits per heavy atom. The molecular weight excluding hydrogens is 192 g/mol. The van der Waals surface area contributed by atoms with E-state index in [0.29, 0.717) is 0 Å². The van der Waals surface area contributed by atoms with Gasteiger partial charge >= 0.3 is 0 Å². The summed E-state index contributed by atoms with van der Waals surface area (Å²) in [5.41, 5.74) is 5.52. The first-order chi connectivity index (χ1) is 7.11. The zero-order chi connectivity index (χ0) is 11.0. The van der Waals surface area contributed by atoms with Gasteiger partial charge in [0, 0.05) is 25.8 Å². The molecule has 0 saturated carbocycles. The molecule has 0 spiro atoms. The molecule has 1 aliphatic rings. The van der Waals surface area contributed by atoms with Gasteiger partial charge in [0.15, 0.2) is 0 Å². The van der Waals surface area contributed by atoms with Crippen molar-refractivity contribution >= 4 is 5.91 Å². The minimum absolute atomic E-state index is 0.0376. The van der Waals surface area contributed by atoms with Crippen LogP contribution in [0.1, 0.15) is 28.2 Å². The van der Waals surface area contributed by atoms with Gasteiger partial charge in [-0.15, -0.1) is 0 Å². The van der Waals surface area contributed by atoms with Gasteiger partial charge in [0.2, 0.25) is 0 Å². The Hall–Kier alpha value is -1.36. The third-order valence-corrected chi connectivity index (χ3v) is 2.83. The van der Waals surface area contributed by atoms with E-state index in [9.17, 15) is 4.79 Å². The predicted octanol–water partition coefficient (Wildman–Crippen LogP) is 0.387. The number of carbonyl (C=O) groups excluding carboxylic acids is 1. The highest BCUT2D eigenvalue weighted by atomic mass is 16.2. The van der Waals surface area contributed by atoms with Gasteiger partial charge in [-0.2, -0.15) is 5.10 Å². The van der Waals surface area contributed by atoms with Crippen LogP contribution in [0.2, 0.25) is 0 Å². The van der Waals surface area contributed by atoms with Gasteiger partial charge in [0.1, 0.15) is 0 Å². The molecule has 1 saturated heterocycles. The molecule has 1 fully saturated rings. The lowest BCUT2D eigenvalue weighted by Gasteiger charge is -2.15. The third kappa shape index (κ3) is 1.63. The van der Waals surface area contributed by atoms with Crippen LogP contribution in [0.25, 0.3) is 0 Å². The molecule has 0 aromatic carbocycles. The molecule has 2 heterocycles. The third-order valence-electron chi connectivity index (χ3n) is 2.83. The first-order valence-corrected chi connectivity index (χ1v) is 5.17. The number of carbonyl (C=O) groups is 1. The highest BCUT2D eigenvalue weighted by molar-refractivity contribution is 5.96. The lowest BCUT2D eigenvalue weighted by atomic mass is 10.2. The second kappa shape index (κ2) is 3.66. The molecule has 0 aliphatic carbocycles. The Bertz CT molecular complexity index is 390. The maximum atomic E-state index is 12.1. The van der Waals surface area contributed by atoms with Crippen molar-refractivity contribution in [2.45, 2.75) is 20.3 Å². The summed E-state index contributed by atoms with van der Waals surface area (Å²) in [4.78, 5) is 12.1. The molecule has 2 rings (SSSR count). The van der Waals surface area contributed by atoms with Crippen LogP contribution in [0.3, 0.4) is 0 Å². The molecule has 0 bridgehead atoms. The second-order valence-corrected chi connectivity index (χ2v) is 3.89. The molecule has 1 aromatic heterocycles. The largest absolute Gasteiger partial charge is 0.274 e. The molecule has 1 aliphatic heterocycles. The van der Waals surface area contributed by atoms with E-state index in [1.807, 2.05) is 20.9 Å². The minimum Gasteiger partial charge on any atom is -0.274 e. The average Bonchev–Trinajstić information content (AvgIpc) is 2.76. The van der Waals surface area contributed by atoms with Gasteiger partial charge in [-0.25, -0.2) is 5.43 Å². The van der Waals surface area contributed by atoms with Crippen molar-refractivity contribution in [1.29, 1.82) is 0 Å². The lowest BCUT2D eigenvalue weighted by molar-refractivity contribution is 0.0724. The van der Waals surface area contributed by atoms with Crippen molar-refractivity contribution in [3.63, 3.8) is 0 Å². The van der Waals surface area contributed by atoms with E-state index < -0.39 is 0 Å². The average molecular weight is 208 g/mol. The van der Waals surface area contributed by atoms with Gasteiger partial charge in [-0.3, -0.25) is 14.5 Å². The number of nitrogens with zero attached hydrogens (tertiary/aromatic N) is 3. The van der Waals surface area contributed by atoms with Gasteiger partial charge in [0.05, 0.1) is 11.3 Å². The number of nitrogens with one attached hydrogen (secondary N) is 1. The summed E-state index contributed by atoms with van der Waals surface area (Å²) < 4.78 is 1.75. The highest BCUT2D eigenvalue weighted by Crippen LogP contribution is 2.15. The van der Waals surface area contributed by atoms with Crippen molar-refractivity contribution < 1.29 is 4.79 Å². The number of aryl methyl sites for hydroxylation is 2. The first-order valence-electron chi connectivity index (χ1n) is 5.17. The predicted molar refractivity (Wildman–Crippen MR) is 56.3 cm³/mol. The fourth-order valence-electron chi connectivity index (χ4n) is 1.92. The van der Waals surface area contributed by atoms with Crippen molar-refractivity contribution in [3.8, 4) is 0 Å². The van der Waals surface area contributed by atoms with Crippen molar-refractivity contribution in [3.05, 3.63) is 17.0 Å². The van der Waals surface area contributed by atoms with Gasteiger partial charge in [0.25, 0.3) is 5.91 Å². The van der Waals surface area contributed by atoms with E-state index in [2.05, 4.69) is 10.5 Å². The van der Waals surface area contributed by atoms with Crippen LogP contribution in [0.4, 0.5) is 0 Å². The van der Waals surface area contributed by atoms with Crippen LogP contribution < -0.4 is 5.43 Å². The van der Waals surface area contributed by atoms with Crippen LogP contribution in [-0.4, -0.2) is 33.8 Å². The normalized spacial score (nSPS) is 16.1. The summed E-state index contributed by atoms with van der Waals surface area (Å²) >= 11 is 0. The Morgan fingerprint density at radius 2 is 2.20 bits per heavy atom. The van der Waals surface area contributed by atoms with E-state index >= 15 is 0 Å². The van der Waals surface area contributed by atoms with Crippen LogP contribution in [0, 0.1) is 13.8 Å². The zero-order valence-electron chi connectivity index (χ0n) is 9.37. The van der Waals surface area contributed by atoms with Gasteiger partial charge in [-0.05, 0) is 20.3 Å². The summed E-state index contributed by atoms with van der Waals surface area (Å²) in [6.07, 6.45) is 1.02. The number of hydrogen-bond acceptors (Lipinski definition) is 3. The van der Waals surface area contributed by atoms with Crippen LogP contribution in [-0.2, 0) is 7.05 Å². The summed E-state index contributed by atoms with van der Waals surface area (Å²) in [5, 5.41) is 5.92. The Labute approximate surface area is 89.0 Å². The summed E-state index contributed by atoms with van der Waals surface area (Å²) in [6, 6.07) is 0. The van der Waals surface area contributed by atoms with E-state index in [1.165, 1.54) is 0 Å². The fraction of sp³-hybridized carbons (Fsp3) is 0.600. The molecule has 0 unspecified atom stereocenters. The van der Waals surface area contributed by atoms with E-state index in [-0.39, 0.29) is 5.91 Å². The second-order valence-electron chi connectivity index (χ2n) is 3.89. The Morgan fingerprint density at radius 1 is 1.47 bits per heavy atom. The Kier molecular flexibility index (Phi) is 2.48. The molecule has 1 amide bonds. The maximum Gasteiger partial charge on any atom is 0.271 e. The topological polar surface area (TPSA) is 50.2 Å². The van der Waals surface area contributed by atoms with Crippen LogP contribution in [0.5, 0.6) is 0 Å². The molecule has 82 valence electrons. The summed E-state index contributed by atoms with van der Waals surface area (Å²) in [6.45, 7) is 5.45. The first kappa shape index (κ1) is 10.2. The zero-order valence-corrected chi connectivity index (χ0v) is 9.37. The Balaban J connectivity index is 2.32. The number of amides is 1. The number of aromatic nitrogens is 2. The quantitative estimate of drug-likeness (QED) is 0.726. The number of hydrogen-bond donors (Lipinski definition) is 1. The van der Waals surface area contributed by atoms with Gasteiger partial charge < -0.3 is 0 Å². The molecule has 1 N–H and O–H groups in total. The molecule has 1 aromatic rings. The van der Waals surface area contributed by atoms with Crippen LogP contribution in [0.15, 0.2) is 0 Å². The van der Waals surface area contributed by atoms with E-state index in [1.54, 1.807) is 9.69 Å². The van der Waals surface area contributed by atoms with Crippen molar-refractivity contribution in [1.82, 2.24) is 20.2 Å². The maximum absolute atomic E-state index is 12.1. The molecule has 5 heteroatoms. The number of hydrazine groups is 1. The van der Waals surface area contributed by atoms with Crippen molar-refractivity contribution in [2.75, 3.05) is 13.1 Å². The fourth-order valence-corrected chi connectivity index (χ4v) is 1.92. The van der Waals surface area contributed by atoms with Crippen LogP contribution >= 0.6 is 0 Å². The monoisotopic (exact) mass is 208 g/mol. The lowest BCUT2D eigenvalue weighted by Crippen LogP contribution is -2.37. The van der Waals surface area contributed by atoms with Gasteiger partial charge in [-0.1, -0.05) is 0 Å². The molecule has 15 heavy (non-hydrogen) atoms. The highest BCUT2D eigenvalue weighted by Gasteiger charge is 2.24. The van der Waals surface area contributed by atoms with Crippen molar-refractivity contribution in [2.24, 2.45) is 7.05 Å². The summed E-state index contributed by atoms with van der Waals surface area (Å²) in [7, 11) is 1.86. The summed E-state index contributed by atoms with van der Waals surface area (Å²) in [5.74, 6) is 0.0376. The van der Waals surface area contributed by atoms with E-state index in [4.69, 9.17) is 0 Å². The smallest absolute Gasteiger partial charge is 0.271 e. The molecule has 0 atom stereocenters.